The van der Waals surface area contributed by atoms with Crippen LogP contribution in [0.15, 0.2) is 42.5 Å². The van der Waals surface area contributed by atoms with Gasteiger partial charge < -0.3 is 15.0 Å². The first-order chi connectivity index (χ1) is 11.9. The molecule has 0 heterocycles. The molecule has 2 unspecified atom stereocenters. The first kappa shape index (κ1) is 19.4. The summed E-state index contributed by atoms with van der Waals surface area (Å²) in [4.78, 5) is 21.4. The smallest absolute Gasteiger partial charge is 0.218 e. The van der Waals surface area contributed by atoms with E-state index in [4.69, 9.17) is 0 Å². The maximum Gasteiger partial charge on any atom is 0.218 e. The maximum absolute atomic E-state index is 11.8. The van der Waals surface area contributed by atoms with Gasteiger partial charge in [0.2, 0.25) is 8.03 Å². The minimum Gasteiger partial charge on any atom is -0.371 e. The molecule has 134 valence electrons. The van der Waals surface area contributed by atoms with Crippen LogP contribution in [0.2, 0.25) is 0 Å². The number of carbonyl (C=O) groups is 1. The van der Waals surface area contributed by atoms with Gasteiger partial charge >= 0.3 is 0 Å². The first-order valence-electron chi connectivity index (χ1n) is 8.53. The second-order valence-corrected chi connectivity index (χ2v) is 7.92. The predicted molar refractivity (Wildman–Crippen MR) is 104 cm³/mol. The van der Waals surface area contributed by atoms with E-state index in [0.717, 1.165) is 23.1 Å². The average molecular weight is 359 g/mol. The highest BCUT2D eigenvalue weighted by Gasteiger charge is 2.21. The van der Waals surface area contributed by atoms with Crippen molar-refractivity contribution < 1.29 is 14.3 Å². The quantitative estimate of drug-likeness (QED) is 0.569. The second kappa shape index (κ2) is 8.46. The second-order valence-electron chi connectivity index (χ2n) is 6.77. The zero-order valence-electron chi connectivity index (χ0n) is 15.1. The molecule has 25 heavy (non-hydrogen) atoms. The fourth-order valence-electron chi connectivity index (χ4n) is 3.02. The number of carbonyl (C=O) groups excluding carboxylic acids is 1. The van der Waals surface area contributed by atoms with Crippen LogP contribution >= 0.6 is 8.03 Å². The Morgan fingerprint density at radius 2 is 1.44 bits per heavy atom. The van der Waals surface area contributed by atoms with Crippen LogP contribution in [0.4, 0.5) is 5.69 Å². The Hall–Kier alpha value is -1.90. The van der Waals surface area contributed by atoms with Crippen molar-refractivity contribution in [2.45, 2.75) is 45.6 Å². The van der Waals surface area contributed by atoms with E-state index < -0.39 is 14.1 Å². The summed E-state index contributed by atoms with van der Waals surface area (Å²) in [5.74, 6) is 0.585. The van der Waals surface area contributed by atoms with Crippen molar-refractivity contribution in [3.05, 3.63) is 59.2 Å². The molecule has 0 aromatic heterocycles. The third-order valence-electron chi connectivity index (χ3n) is 4.34. The van der Waals surface area contributed by atoms with Crippen LogP contribution in [0, 0.1) is 0 Å². The first-order valence-corrected chi connectivity index (χ1v) is 9.89. The molecule has 5 heteroatoms. The van der Waals surface area contributed by atoms with Crippen LogP contribution in [-0.2, 0) is 9.36 Å². The van der Waals surface area contributed by atoms with E-state index in [9.17, 15) is 14.3 Å². The number of nitrogens with one attached hydrogen (secondary N) is 1. The van der Waals surface area contributed by atoms with Gasteiger partial charge in [0.1, 0.15) is 12.3 Å². The summed E-state index contributed by atoms with van der Waals surface area (Å²) in [6, 6.07) is 12.3. The Balaban J connectivity index is 2.54. The minimum absolute atomic E-state index is 0.292. The SMILES string of the molecule is CC(C)c1cccc(C(C)C)c1NC(C=O)c1ccccc1[PH](=O)O. The molecule has 0 radical (unpaired) electrons. The Morgan fingerprint density at radius 3 is 1.92 bits per heavy atom. The zero-order chi connectivity index (χ0) is 18.6. The van der Waals surface area contributed by atoms with Gasteiger partial charge in [0.15, 0.2) is 0 Å². The normalized spacial score (nSPS) is 13.7. The lowest BCUT2D eigenvalue weighted by molar-refractivity contribution is -0.108. The van der Waals surface area contributed by atoms with Crippen molar-refractivity contribution in [3.8, 4) is 0 Å². The molecule has 0 aliphatic heterocycles. The molecule has 2 aromatic carbocycles. The topological polar surface area (TPSA) is 66.4 Å². The number of hydrogen-bond acceptors (Lipinski definition) is 3. The van der Waals surface area contributed by atoms with E-state index in [1.807, 2.05) is 6.07 Å². The van der Waals surface area contributed by atoms with Crippen molar-refractivity contribution >= 4 is 25.3 Å². The van der Waals surface area contributed by atoms with Crippen molar-refractivity contribution in [3.63, 3.8) is 0 Å². The number of aldehydes is 1. The molecule has 0 saturated carbocycles. The molecule has 2 aromatic rings. The number of hydrogen-bond donors (Lipinski definition) is 2. The fourth-order valence-corrected chi connectivity index (χ4v) is 3.75. The fraction of sp³-hybridized carbons (Fsp3) is 0.350. The van der Waals surface area contributed by atoms with Crippen LogP contribution in [0.5, 0.6) is 0 Å². The monoisotopic (exact) mass is 359 g/mol. The Bertz CT molecular complexity index is 745. The summed E-state index contributed by atoms with van der Waals surface area (Å²) in [5, 5.41) is 3.66. The van der Waals surface area contributed by atoms with Gasteiger partial charge in [-0.3, -0.25) is 4.57 Å². The molecule has 0 saturated heterocycles. The van der Waals surface area contributed by atoms with Gasteiger partial charge in [0, 0.05) is 11.0 Å². The predicted octanol–water partition coefficient (Wildman–Crippen LogP) is 4.38. The van der Waals surface area contributed by atoms with Gasteiger partial charge in [-0.2, -0.15) is 0 Å². The largest absolute Gasteiger partial charge is 0.371 e. The van der Waals surface area contributed by atoms with E-state index in [1.54, 1.807) is 24.3 Å². The van der Waals surface area contributed by atoms with E-state index >= 15 is 0 Å². The molecule has 0 amide bonds. The number of para-hydroxylation sites is 1. The summed E-state index contributed by atoms with van der Waals surface area (Å²) in [6.45, 7) is 8.45. The molecular weight excluding hydrogens is 333 g/mol. The lowest BCUT2D eigenvalue weighted by Crippen LogP contribution is -2.21. The molecular formula is C20H26NO3P. The summed E-state index contributed by atoms with van der Waals surface area (Å²) in [7, 11) is -2.89. The van der Waals surface area contributed by atoms with Crippen molar-refractivity contribution in [1.82, 2.24) is 0 Å². The standard InChI is InChI=1S/C20H26NO3P/c1-13(2)15-9-7-10-16(14(3)4)20(15)21-18(12-22)17-8-5-6-11-19(17)25(23)24/h5-14,18,21,25H,1-4H3,(H,23,24). The molecule has 2 N–H and O–H groups in total. The molecule has 0 fully saturated rings. The summed E-state index contributed by atoms with van der Waals surface area (Å²) in [5.41, 5.74) is 3.76. The van der Waals surface area contributed by atoms with Gasteiger partial charge in [-0.15, -0.1) is 0 Å². The van der Waals surface area contributed by atoms with Crippen molar-refractivity contribution in [1.29, 1.82) is 0 Å². The highest BCUT2D eigenvalue weighted by Crippen LogP contribution is 2.35. The van der Waals surface area contributed by atoms with Crippen LogP contribution in [0.25, 0.3) is 0 Å². The minimum atomic E-state index is -2.89. The molecule has 0 aliphatic carbocycles. The van der Waals surface area contributed by atoms with E-state index in [1.165, 1.54) is 0 Å². The van der Waals surface area contributed by atoms with Crippen molar-refractivity contribution in [2.24, 2.45) is 0 Å². The van der Waals surface area contributed by atoms with Crippen molar-refractivity contribution in [2.75, 3.05) is 5.32 Å². The Labute approximate surface area is 150 Å². The van der Waals surface area contributed by atoms with Gasteiger partial charge in [-0.05, 0) is 34.6 Å². The average Bonchev–Trinajstić information content (AvgIpc) is 2.59. The number of rotatable bonds is 7. The Kier molecular flexibility index (Phi) is 6.57. The molecule has 2 atom stereocenters. The maximum atomic E-state index is 11.8. The third-order valence-corrected chi connectivity index (χ3v) is 5.25. The van der Waals surface area contributed by atoms with Crippen LogP contribution < -0.4 is 10.6 Å². The van der Waals surface area contributed by atoms with E-state index in [0.29, 0.717) is 22.7 Å². The zero-order valence-corrected chi connectivity index (χ0v) is 16.1. The Morgan fingerprint density at radius 1 is 0.920 bits per heavy atom. The van der Waals surface area contributed by atoms with Gasteiger partial charge in [0.25, 0.3) is 0 Å². The highest BCUT2D eigenvalue weighted by atomic mass is 31.1. The van der Waals surface area contributed by atoms with Crippen LogP contribution in [-0.4, -0.2) is 11.2 Å². The van der Waals surface area contributed by atoms with Gasteiger partial charge in [-0.1, -0.05) is 64.1 Å². The number of anilines is 1. The summed E-state index contributed by atoms with van der Waals surface area (Å²) >= 11 is 0. The molecule has 0 bridgehead atoms. The summed E-state index contributed by atoms with van der Waals surface area (Å²) in [6.07, 6.45) is 0.796. The van der Waals surface area contributed by atoms with Gasteiger partial charge in [-0.25, -0.2) is 0 Å². The summed E-state index contributed by atoms with van der Waals surface area (Å²) < 4.78 is 11.7. The number of benzene rings is 2. The molecule has 4 nitrogen and oxygen atoms in total. The van der Waals surface area contributed by atoms with Gasteiger partial charge in [0.05, 0.1) is 0 Å². The lowest BCUT2D eigenvalue weighted by Gasteiger charge is -2.24. The van der Waals surface area contributed by atoms with E-state index in [-0.39, 0.29) is 0 Å². The lowest BCUT2D eigenvalue weighted by atomic mass is 9.92. The molecule has 2 rings (SSSR count). The molecule has 0 spiro atoms. The van der Waals surface area contributed by atoms with Crippen LogP contribution in [0.3, 0.4) is 0 Å². The highest BCUT2D eigenvalue weighted by molar-refractivity contribution is 7.47. The van der Waals surface area contributed by atoms with E-state index in [2.05, 4.69) is 45.1 Å². The molecule has 0 aliphatic rings. The third kappa shape index (κ3) is 4.39. The van der Waals surface area contributed by atoms with Crippen LogP contribution in [0.1, 0.15) is 62.3 Å².